The molecule has 1 aliphatic rings. The smallest absolute Gasteiger partial charge is 0.254 e. The Hall–Kier alpha value is -2.93. The zero-order valence-electron chi connectivity index (χ0n) is 14.4. The minimum Gasteiger partial charge on any atom is -0.378 e. The topological polar surface area (TPSA) is 83.1 Å². The van der Waals surface area contributed by atoms with Gasteiger partial charge in [0.15, 0.2) is 0 Å². The largest absolute Gasteiger partial charge is 0.378 e. The van der Waals surface area contributed by atoms with Crippen LogP contribution in [0.25, 0.3) is 10.9 Å². The molecule has 0 unspecified atom stereocenters. The number of anilines is 1. The van der Waals surface area contributed by atoms with E-state index in [1.54, 1.807) is 12.4 Å². The molecule has 7 nitrogen and oxygen atoms in total. The van der Waals surface area contributed by atoms with Crippen LogP contribution in [0.2, 0.25) is 0 Å². The molecule has 3 heterocycles. The molecule has 0 atom stereocenters. The second-order valence-corrected chi connectivity index (χ2v) is 6.24. The quantitative estimate of drug-likeness (QED) is 0.732. The number of para-hydroxylation sites is 1. The molecule has 26 heavy (non-hydrogen) atoms. The Morgan fingerprint density at radius 3 is 2.77 bits per heavy atom. The van der Waals surface area contributed by atoms with Gasteiger partial charge in [0.05, 0.1) is 18.8 Å². The van der Waals surface area contributed by atoms with Crippen molar-refractivity contribution in [1.29, 1.82) is 0 Å². The van der Waals surface area contributed by atoms with Crippen LogP contribution in [0.4, 0.5) is 5.95 Å². The summed E-state index contributed by atoms with van der Waals surface area (Å²) in [5.41, 5.74) is 2.78. The Labute approximate surface area is 151 Å². The monoisotopic (exact) mass is 351 g/mol. The number of morpholine rings is 1. The minimum atomic E-state index is -0.154. The van der Waals surface area contributed by atoms with Crippen LogP contribution in [0, 0.1) is 0 Å². The van der Waals surface area contributed by atoms with Gasteiger partial charge >= 0.3 is 0 Å². The van der Waals surface area contributed by atoms with Gasteiger partial charge in [-0.2, -0.15) is 0 Å². The second-order valence-electron chi connectivity index (χ2n) is 6.24. The molecule has 1 aliphatic heterocycles. The maximum atomic E-state index is 12.3. The van der Waals surface area contributed by atoms with Gasteiger partial charge in [-0.05, 0) is 18.1 Å². The van der Waals surface area contributed by atoms with Crippen molar-refractivity contribution in [3.8, 4) is 0 Å². The molecule has 1 fully saturated rings. The summed E-state index contributed by atoms with van der Waals surface area (Å²) < 4.78 is 5.32. The lowest BCUT2D eigenvalue weighted by molar-refractivity contribution is 0.0953. The van der Waals surface area contributed by atoms with Crippen LogP contribution in [-0.2, 0) is 11.2 Å². The summed E-state index contributed by atoms with van der Waals surface area (Å²) in [4.78, 5) is 26.2. The first kappa shape index (κ1) is 16.5. The third kappa shape index (κ3) is 3.52. The Balaban J connectivity index is 1.33. The molecule has 7 heteroatoms. The number of carbonyl (C=O) groups excluding carboxylic acids is 1. The Bertz CT molecular complexity index is 884. The Morgan fingerprint density at radius 1 is 1.19 bits per heavy atom. The SMILES string of the molecule is O=C(NCCc1c[nH]c2ccccc12)c1cnc(N2CCOCC2)nc1. The van der Waals surface area contributed by atoms with Gasteiger partial charge in [-0.15, -0.1) is 0 Å². The lowest BCUT2D eigenvalue weighted by Crippen LogP contribution is -2.37. The van der Waals surface area contributed by atoms with Crippen molar-refractivity contribution in [3.05, 3.63) is 54.0 Å². The first-order chi connectivity index (χ1) is 12.8. The van der Waals surface area contributed by atoms with Crippen molar-refractivity contribution >= 4 is 22.8 Å². The average molecular weight is 351 g/mol. The van der Waals surface area contributed by atoms with Gasteiger partial charge < -0.3 is 19.9 Å². The first-order valence-electron chi connectivity index (χ1n) is 8.79. The van der Waals surface area contributed by atoms with E-state index in [1.807, 2.05) is 24.4 Å². The van der Waals surface area contributed by atoms with Crippen molar-refractivity contribution in [3.63, 3.8) is 0 Å². The maximum Gasteiger partial charge on any atom is 0.254 e. The molecule has 2 aromatic heterocycles. The molecule has 0 saturated carbocycles. The summed E-state index contributed by atoms with van der Waals surface area (Å²) >= 11 is 0. The number of aromatic nitrogens is 3. The number of nitrogens with zero attached hydrogens (tertiary/aromatic N) is 3. The summed E-state index contributed by atoms with van der Waals surface area (Å²) in [6.45, 7) is 3.47. The van der Waals surface area contributed by atoms with E-state index in [2.05, 4.69) is 31.2 Å². The van der Waals surface area contributed by atoms with Gasteiger partial charge in [-0.1, -0.05) is 18.2 Å². The lowest BCUT2D eigenvalue weighted by atomic mass is 10.1. The van der Waals surface area contributed by atoms with Gasteiger partial charge in [0.1, 0.15) is 0 Å². The molecule has 0 aliphatic carbocycles. The number of fused-ring (bicyclic) bond motifs is 1. The zero-order valence-corrected chi connectivity index (χ0v) is 14.4. The van der Waals surface area contributed by atoms with Gasteiger partial charge in [0, 0.05) is 49.1 Å². The number of hydrogen-bond acceptors (Lipinski definition) is 5. The summed E-state index contributed by atoms with van der Waals surface area (Å²) in [6.07, 6.45) is 5.93. The average Bonchev–Trinajstić information content (AvgIpc) is 3.12. The highest BCUT2D eigenvalue weighted by Crippen LogP contribution is 2.17. The van der Waals surface area contributed by atoms with E-state index >= 15 is 0 Å². The molecule has 134 valence electrons. The highest BCUT2D eigenvalue weighted by Gasteiger charge is 2.14. The van der Waals surface area contributed by atoms with Crippen LogP contribution in [0.5, 0.6) is 0 Å². The van der Waals surface area contributed by atoms with Crippen molar-refractivity contribution in [1.82, 2.24) is 20.3 Å². The number of nitrogens with one attached hydrogen (secondary N) is 2. The van der Waals surface area contributed by atoms with Crippen LogP contribution >= 0.6 is 0 Å². The molecular formula is C19H21N5O2. The van der Waals surface area contributed by atoms with Crippen molar-refractivity contribution in [2.24, 2.45) is 0 Å². The van der Waals surface area contributed by atoms with E-state index < -0.39 is 0 Å². The number of ether oxygens (including phenoxy) is 1. The molecule has 0 bridgehead atoms. The number of benzene rings is 1. The number of H-pyrrole nitrogens is 1. The molecule has 0 radical (unpaired) electrons. The van der Waals surface area contributed by atoms with Gasteiger partial charge in [-0.3, -0.25) is 4.79 Å². The number of aromatic amines is 1. The number of hydrogen-bond donors (Lipinski definition) is 2. The van der Waals surface area contributed by atoms with Crippen LogP contribution in [0.15, 0.2) is 42.9 Å². The predicted octanol–water partition coefficient (Wildman–Crippen LogP) is 1.77. The molecule has 4 rings (SSSR count). The predicted molar refractivity (Wildman–Crippen MR) is 99.4 cm³/mol. The maximum absolute atomic E-state index is 12.3. The van der Waals surface area contributed by atoms with Crippen LogP contribution in [0.3, 0.4) is 0 Å². The summed E-state index contributed by atoms with van der Waals surface area (Å²) in [5, 5.41) is 4.13. The van der Waals surface area contributed by atoms with E-state index in [9.17, 15) is 4.79 Å². The van der Waals surface area contributed by atoms with Crippen molar-refractivity contribution in [2.75, 3.05) is 37.7 Å². The number of carbonyl (C=O) groups is 1. The van der Waals surface area contributed by atoms with Crippen LogP contribution < -0.4 is 10.2 Å². The lowest BCUT2D eigenvalue weighted by Gasteiger charge is -2.26. The fraction of sp³-hybridized carbons (Fsp3) is 0.316. The minimum absolute atomic E-state index is 0.154. The van der Waals surface area contributed by atoms with Crippen LogP contribution in [0.1, 0.15) is 15.9 Å². The Morgan fingerprint density at radius 2 is 1.96 bits per heavy atom. The second kappa shape index (κ2) is 7.53. The van der Waals surface area contributed by atoms with E-state index in [0.717, 1.165) is 25.0 Å². The number of amides is 1. The molecule has 1 saturated heterocycles. The normalized spacial score (nSPS) is 14.5. The van der Waals surface area contributed by atoms with E-state index in [4.69, 9.17) is 4.74 Å². The first-order valence-corrected chi connectivity index (χ1v) is 8.79. The zero-order chi connectivity index (χ0) is 17.8. The fourth-order valence-electron chi connectivity index (χ4n) is 3.12. The Kier molecular flexibility index (Phi) is 4.79. The van der Waals surface area contributed by atoms with Crippen molar-refractivity contribution in [2.45, 2.75) is 6.42 Å². The third-order valence-corrected chi connectivity index (χ3v) is 4.55. The highest BCUT2D eigenvalue weighted by atomic mass is 16.5. The van der Waals surface area contributed by atoms with Gasteiger partial charge in [0.25, 0.3) is 5.91 Å². The summed E-state index contributed by atoms with van der Waals surface area (Å²) in [6, 6.07) is 8.16. The van der Waals surface area contributed by atoms with E-state index in [1.165, 1.54) is 10.9 Å². The van der Waals surface area contributed by atoms with Gasteiger partial charge in [-0.25, -0.2) is 9.97 Å². The van der Waals surface area contributed by atoms with Gasteiger partial charge in [0.2, 0.25) is 5.95 Å². The summed E-state index contributed by atoms with van der Waals surface area (Å²) in [5.74, 6) is 0.488. The molecule has 3 aromatic rings. The molecular weight excluding hydrogens is 330 g/mol. The fourth-order valence-corrected chi connectivity index (χ4v) is 3.12. The van der Waals surface area contributed by atoms with Crippen LogP contribution in [-0.4, -0.2) is 53.7 Å². The standard InChI is InChI=1S/C19H21N5O2/c25-18(15-12-22-19(23-13-15)24-7-9-26-10-8-24)20-6-5-14-11-21-17-4-2-1-3-16(14)17/h1-4,11-13,21H,5-10H2,(H,20,25). The molecule has 1 amide bonds. The number of rotatable bonds is 5. The molecule has 1 aromatic carbocycles. The summed E-state index contributed by atoms with van der Waals surface area (Å²) in [7, 11) is 0. The van der Waals surface area contributed by atoms with E-state index in [0.29, 0.717) is 31.3 Å². The molecule has 0 spiro atoms. The van der Waals surface area contributed by atoms with Crippen molar-refractivity contribution < 1.29 is 9.53 Å². The van der Waals surface area contributed by atoms with E-state index in [-0.39, 0.29) is 5.91 Å². The highest BCUT2D eigenvalue weighted by molar-refractivity contribution is 5.93. The third-order valence-electron chi connectivity index (χ3n) is 4.55. The molecule has 2 N–H and O–H groups in total.